The van der Waals surface area contributed by atoms with E-state index in [2.05, 4.69) is 12.2 Å². The fourth-order valence-corrected chi connectivity index (χ4v) is 3.22. The molecule has 2 rings (SSSR count). The lowest BCUT2D eigenvalue weighted by molar-refractivity contribution is -0.384. The highest BCUT2D eigenvalue weighted by atomic mass is 16.6. The lowest BCUT2D eigenvalue weighted by atomic mass is 9.99. The summed E-state index contributed by atoms with van der Waals surface area (Å²) in [6.45, 7) is 8.08. The summed E-state index contributed by atoms with van der Waals surface area (Å²) in [7, 11) is 0. The van der Waals surface area contributed by atoms with E-state index in [1.54, 1.807) is 20.8 Å². The van der Waals surface area contributed by atoms with Crippen LogP contribution in [0.3, 0.4) is 0 Å². The van der Waals surface area contributed by atoms with Crippen molar-refractivity contribution >= 4 is 29.3 Å². The largest absolute Gasteiger partial charge is 0.452 e. The first-order valence-corrected chi connectivity index (χ1v) is 9.79. The topological polar surface area (TPSA) is 131 Å². The normalized spacial score (nSPS) is 16.5. The Balaban J connectivity index is 2.02. The number of carbonyl (C=O) groups excluding carboxylic acids is 3. The van der Waals surface area contributed by atoms with Crippen molar-refractivity contribution in [2.75, 3.05) is 24.6 Å². The third kappa shape index (κ3) is 6.71. The van der Waals surface area contributed by atoms with Crippen molar-refractivity contribution in [2.24, 2.45) is 5.92 Å². The number of esters is 1. The molecule has 2 N–H and O–H groups in total. The number of nitrogens with one attached hydrogen (secondary N) is 2. The SMILES string of the molecule is C[C@H]1CCCN(c2ccc(C(=O)OCC(=O)NC(=O)NC(C)(C)C)cc2[N+](=O)[O-])C1. The molecule has 1 fully saturated rings. The quantitative estimate of drug-likeness (QED) is 0.425. The Morgan fingerprint density at radius 1 is 1.30 bits per heavy atom. The summed E-state index contributed by atoms with van der Waals surface area (Å²) in [5, 5.41) is 16.1. The van der Waals surface area contributed by atoms with Crippen molar-refractivity contribution in [1.82, 2.24) is 10.6 Å². The standard InChI is InChI=1S/C20H28N4O6/c1-13-6-5-9-23(11-13)15-8-7-14(10-16(15)24(28)29)18(26)30-12-17(25)21-19(27)22-20(2,3)4/h7-8,10,13H,5-6,9,11-12H2,1-4H3,(H2,21,22,25,27)/t13-/m0/s1. The van der Waals surface area contributed by atoms with E-state index < -0.39 is 35.0 Å². The van der Waals surface area contributed by atoms with Gasteiger partial charge in [0.25, 0.3) is 11.6 Å². The molecule has 1 aliphatic heterocycles. The summed E-state index contributed by atoms with van der Waals surface area (Å²) in [4.78, 5) is 48.6. The number of hydrogen-bond acceptors (Lipinski definition) is 7. The van der Waals surface area contributed by atoms with Gasteiger partial charge >= 0.3 is 12.0 Å². The van der Waals surface area contributed by atoms with Crippen LogP contribution in [0.1, 0.15) is 50.9 Å². The third-order valence-electron chi connectivity index (χ3n) is 4.48. The molecule has 0 spiro atoms. The molecule has 30 heavy (non-hydrogen) atoms. The van der Waals surface area contributed by atoms with E-state index in [9.17, 15) is 24.5 Å². The van der Waals surface area contributed by atoms with Crippen LogP contribution in [0.25, 0.3) is 0 Å². The molecule has 10 nitrogen and oxygen atoms in total. The van der Waals surface area contributed by atoms with Crippen molar-refractivity contribution in [1.29, 1.82) is 0 Å². The molecule has 0 radical (unpaired) electrons. The Morgan fingerprint density at radius 2 is 2.00 bits per heavy atom. The van der Waals surface area contributed by atoms with Crippen LogP contribution >= 0.6 is 0 Å². The van der Waals surface area contributed by atoms with Crippen LogP contribution in [0.4, 0.5) is 16.2 Å². The second-order valence-electron chi connectivity index (χ2n) is 8.48. The van der Waals surface area contributed by atoms with Gasteiger partial charge in [-0.25, -0.2) is 9.59 Å². The predicted molar refractivity (Wildman–Crippen MR) is 110 cm³/mol. The van der Waals surface area contributed by atoms with Gasteiger partial charge < -0.3 is 15.0 Å². The van der Waals surface area contributed by atoms with E-state index in [0.717, 1.165) is 18.9 Å². The van der Waals surface area contributed by atoms with E-state index in [4.69, 9.17) is 4.74 Å². The third-order valence-corrected chi connectivity index (χ3v) is 4.48. The number of nitrogens with zero attached hydrogens (tertiary/aromatic N) is 2. The molecule has 1 aliphatic rings. The van der Waals surface area contributed by atoms with Crippen LogP contribution in [0.15, 0.2) is 18.2 Å². The van der Waals surface area contributed by atoms with Crippen molar-refractivity contribution < 1.29 is 24.0 Å². The summed E-state index contributed by atoms with van der Waals surface area (Å²) in [5.41, 5.74) is -0.303. The zero-order valence-electron chi connectivity index (χ0n) is 17.7. The number of hydrogen-bond donors (Lipinski definition) is 2. The number of carbonyl (C=O) groups is 3. The first kappa shape index (κ1) is 23.1. The van der Waals surface area contributed by atoms with Crippen molar-refractivity contribution in [3.63, 3.8) is 0 Å². The molecule has 10 heteroatoms. The van der Waals surface area contributed by atoms with Crippen LogP contribution < -0.4 is 15.5 Å². The minimum absolute atomic E-state index is 0.0394. The van der Waals surface area contributed by atoms with Gasteiger partial charge in [0.15, 0.2) is 6.61 Å². The molecule has 0 bridgehead atoms. The minimum atomic E-state index is -0.886. The Kier molecular flexibility index (Phi) is 7.36. The predicted octanol–water partition coefficient (Wildman–Crippen LogP) is 2.61. The van der Waals surface area contributed by atoms with Gasteiger partial charge in [-0.1, -0.05) is 6.92 Å². The second-order valence-corrected chi connectivity index (χ2v) is 8.48. The average Bonchev–Trinajstić information content (AvgIpc) is 2.64. The number of amides is 3. The maximum atomic E-state index is 12.2. The van der Waals surface area contributed by atoms with E-state index in [1.165, 1.54) is 12.1 Å². The van der Waals surface area contributed by atoms with Gasteiger partial charge in [-0.05, 0) is 51.7 Å². The maximum absolute atomic E-state index is 12.2. The average molecular weight is 420 g/mol. The van der Waals surface area contributed by atoms with Crippen LogP contribution in [-0.2, 0) is 9.53 Å². The highest BCUT2D eigenvalue weighted by Gasteiger charge is 2.26. The van der Waals surface area contributed by atoms with E-state index in [1.807, 2.05) is 10.2 Å². The number of rotatable bonds is 5. The van der Waals surface area contributed by atoms with Gasteiger partial charge in [-0.15, -0.1) is 0 Å². The number of anilines is 1. The van der Waals surface area contributed by atoms with Gasteiger partial charge in [-0.2, -0.15) is 0 Å². The summed E-state index contributed by atoms with van der Waals surface area (Å²) in [6.07, 6.45) is 2.02. The number of nitro groups is 1. The second kappa shape index (κ2) is 9.55. The summed E-state index contributed by atoms with van der Waals surface area (Å²) in [5.74, 6) is -1.27. The van der Waals surface area contributed by atoms with Gasteiger partial charge in [0.2, 0.25) is 0 Å². The van der Waals surface area contributed by atoms with E-state index in [0.29, 0.717) is 24.7 Å². The fraction of sp³-hybridized carbons (Fsp3) is 0.550. The van der Waals surface area contributed by atoms with Crippen molar-refractivity contribution in [3.8, 4) is 0 Å². The van der Waals surface area contributed by atoms with Gasteiger partial charge in [0.05, 0.1) is 10.5 Å². The molecule has 164 valence electrons. The van der Waals surface area contributed by atoms with Crippen LogP contribution in [0.5, 0.6) is 0 Å². The number of imide groups is 1. The Bertz CT molecular complexity index is 833. The first-order chi connectivity index (χ1) is 14.0. The molecule has 1 saturated heterocycles. The zero-order chi connectivity index (χ0) is 22.5. The summed E-state index contributed by atoms with van der Waals surface area (Å²) in [6, 6.07) is 3.41. The molecule has 1 aromatic carbocycles. The Morgan fingerprint density at radius 3 is 2.60 bits per heavy atom. The Hall–Kier alpha value is -3.17. The molecule has 0 aliphatic carbocycles. The molecule has 0 saturated carbocycles. The molecule has 3 amide bonds. The number of ether oxygens (including phenoxy) is 1. The van der Waals surface area contributed by atoms with E-state index in [-0.39, 0.29) is 11.3 Å². The lowest BCUT2D eigenvalue weighted by Gasteiger charge is -2.32. The highest BCUT2D eigenvalue weighted by Crippen LogP contribution is 2.32. The lowest BCUT2D eigenvalue weighted by Crippen LogP contribution is -2.49. The highest BCUT2D eigenvalue weighted by molar-refractivity contribution is 5.97. The van der Waals surface area contributed by atoms with Crippen LogP contribution in [-0.4, -0.2) is 48.1 Å². The number of benzene rings is 1. The number of urea groups is 1. The molecule has 1 heterocycles. The monoisotopic (exact) mass is 420 g/mol. The van der Waals surface area contributed by atoms with Gasteiger partial charge in [-0.3, -0.25) is 20.2 Å². The molecular formula is C20H28N4O6. The molecule has 1 aromatic rings. The fourth-order valence-electron chi connectivity index (χ4n) is 3.22. The molecular weight excluding hydrogens is 392 g/mol. The number of nitro benzene ring substituents is 1. The van der Waals surface area contributed by atoms with Gasteiger partial charge in [0.1, 0.15) is 5.69 Å². The van der Waals surface area contributed by atoms with Gasteiger partial charge in [0, 0.05) is 24.7 Å². The zero-order valence-corrected chi connectivity index (χ0v) is 17.7. The summed E-state index contributed by atoms with van der Waals surface area (Å²) < 4.78 is 4.89. The molecule has 0 unspecified atom stereocenters. The smallest absolute Gasteiger partial charge is 0.338 e. The number of piperidine rings is 1. The van der Waals surface area contributed by atoms with Crippen molar-refractivity contribution in [3.05, 3.63) is 33.9 Å². The van der Waals surface area contributed by atoms with Crippen LogP contribution in [0.2, 0.25) is 0 Å². The maximum Gasteiger partial charge on any atom is 0.338 e. The van der Waals surface area contributed by atoms with E-state index >= 15 is 0 Å². The van der Waals surface area contributed by atoms with Crippen LogP contribution in [0, 0.1) is 16.0 Å². The van der Waals surface area contributed by atoms with Crippen molar-refractivity contribution in [2.45, 2.75) is 46.1 Å². The first-order valence-electron chi connectivity index (χ1n) is 9.79. The minimum Gasteiger partial charge on any atom is -0.452 e. The molecule has 1 atom stereocenters. The Labute approximate surface area is 175 Å². The summed E-state index contributed by atoms with van der Waals surface area (Å²) >= 11 is 0. The molecule has 0 aromatic heterocycles.